The highest BCUT2D eigenvalue weighted by Crippen LogP contribution is 2.41. The van der Waals surface area contributed by atoms with Gasteiger partial charge in [-0.1, -0.05) is 68.2 Å². The van der Waals surface area contributed by atoms with Gasteiger partial charge in [-0.15, -0.1) is 0 Å². The predicted molar refractivity (Wildman–Crippen MR) is 168 cm³/mol. The molecule has 0 aromatic rings. The molecule has 2 saturated carbocycles. The van der Waals surface area contributed by atoms with Gasteiger partial charge in [-0.05, 0) is 112 Å². The van der Waals surface area contributed by atoms with Gasteiger partial charge in [-0.2, -0.15) is 0 Å². The molecule has 2 fully saturated rings. The van der Waals surface area contributed by atoms with Gasteiger partial charge in [0.25, 0.3) is 0 Å². The maximum absolute atomic E-state index is 6.26. The van der Waals surface area contributed by atoms with E-state index in [0.717, 1.165) is 19.4 Å². The molecule has 4 unspecified atom stereocenters. The van der Waals surface area contributed by atoms with E-state index in [1.165, 1.54) is 49.9 Å². The van der Waals surface area contributed by atoms with E-state index in [1.54, 1.807) is 0 Å². The largest absolute Gasteiger partial charge is 0.418 e. The van der Waals surface area contributed by atoms with Gasteiger partial charge < -0.3 is 4.43 Å². The molecule has 0 spiro atoms. The van der Waals surface area contributed by atoms with E-state index in [2.05, 4.69) is 82.0 Å². The van der Waals surface area contributed by atoms with Crippen LogP contribution in [-0.4, -0.2) is 38.4 Å². The van der Waals surface area contributed by atoms with Gasteiger partial charge in [0, 0.05) is 6.61 Å². The van der Waals surface area contributed by atoms with Crippen LogP contribution in [0, 0.1) is 47.3 Å². The van der Waals surface area contributed by atoms with Gasteiger partial charge in [0.15, 0.2) is 8.32 Å². The average Bonchev–Trinajstić information content (AvgIpc) is 2.79. The Morgan fingerprint density at radius 2 is 1.05 bits per heavy atom. The molecule has 0 bridgehead atoms. The molecular weight excluding hydrogens is 468 g/mol. The first-order chi connectivity index (χ1) is 17.2. The third kappa shape index (κ3) is 9.89. The highest BCUT2D eigenvalue weighted by Gasteiger charge is 2.38. The quantitative estimate of drug-likeness (QED) is 0.140. The Bertz CT molecular complexity index is 701. The molecule has 216 valence electrons. The van der Waals surface area contributed by atoms with Crippen molar-refractivity contribution in [1.29, 1.82) is 0 Å². The lowest BCUT2D eigenvalue weighted by Gasteiger charge is -2.41. The number of hydrogen-bond acceptors (Lipinski definition) is 3. The summed E-state index contributed by atoms with van der Waals surface area (Å²) in [4.78, 5) is 11.3. The van der Waals surface area contributed by atoms with Crippen LogP contribution in [0.5, 0.6) is 0 Å². The maximum Gasteiger partial charge on any atom is 0.183 e. The zero-order chi connectivity index (χ0) is 27.9. The fraction of sp³-hybridized carbons (Fsp3) is 0.939. The SMILES string of the molecule is CC(=NC1C(C(C)C)CCCC1C(C)C)C(CCCO[Si](C)(C)C)=NC1C(C(C)C)CCCC1C(C)C. The summed E-state index contributed by atoms with van der Waals surface area (Å²) in [5.41, 5.74) is 2.52. The Balaban J connectivity index is 2.46. The van der Waals surface area contributed by atoms with Crippen molar-refractivity contribution < 1.29 is 4.43 Å². The number of aliphatic imine (C=N–C) groups is 2. The second-order valence-electron chi connectivity index (χ2n) is 14.8. The monoisotopic (exact) mass is 532 g/mol. The molecule has 0 N–H and O–H groups in total. The molecule has 2 rings (SSSR count). The van der Waals surface area contributed by atoms with Crippen LogP contribution < -0.4 is 0 Å². The molecule has 3 nitrogen and oxygen atoms in total. The topological polar surface area (TPSA) is 34.0 Å². The van der Waals surface area contributed by atoms with Gasteiger partial charge in [0.1, 0.15) is 0 Å². The van der Waals surface area contributed by atoms with E-state index in [9.17, 15) is 0 Å². The molecule has 0 aromatic heterocycles. The molecule has 4 atom stereocenters. The van der Waals surface area contributed by atoms with Gasteiger partial charge >= 0.3 is 0 Å². The van der Waals surface area contributed by atoms with Crippen LogP contribution in [0.15, 0.2) is 9.98 Å². The van der Waals surface area contributed by atoms with E-state index in [-0.39, 0.29) is 0 Å². The van der Waals surface area contributed by atoms with Gasteiger partial charge in [0.2, 0.25) is 0 Å². The Kier molecular flexibility index (Phi) is 13.1. The Hall–Kier alpha value is -0.483. The van der Waals surface area contributed by atoms with Crippen molar-refractivity contribution in [2.45, 2.75) is 145 Å². The van der Waals surface area contributed by atoms with E-state index >= 15 is 0 Å². The lowest BCUT2D eigenvalue weighted by molar-refractivity contribution is 0.142. The number of nitrogens with zero attached hydrogens (tertiary/aromatic N) is 2. The molecule has 0 amide bonds. The first kappa shape index (κ1) is 32.7. The summed E-state index contributed by atoms with van der Waals surface area (Å²) in [5.74, 6) is 5.47. The fourth-order valence-corrected chi connectivity index (χ4v) is 7.98. The summed E-state index contributed by atoms with van der Waals surface area (Å²) in [7, 11) is -1.50. The summed E-state index contributed by atoms with van der Waals surface area (Å²) in [6.45, 7) is 29.3. The minimum atomic E-state index is -1.50. The second-order valence-corrected chi connectivity index (χ2v) is 19.3. The highest BCUT2D eigenvalue weighted by atomic mass is 28.4. The van der Waals surface area contributed by atoms with E-state index in [4.69, 9.17) is 14.4 Å². The zero-order valence-electron chi connectivity index (χ0n) is 26.9. The van der Waals surface area contributed by atoms with E-state index in [1.807, 2.05) is 0 Å². The lowest BCUT2D eigenvalue weighted by Crippen LogP contribution is -2.40. The van der Waals surface area contributed by atoms with Crippen molar-refractivity contribution in [2.75, 3.05) is 6.61 Å². The van der Waals surface area contributed by atoms with Crippen molar-refractivity contribution in [3.63, 3.8) is 0 Å². The first-order valence-corrected chi connectivity index (χ1v) is 19.4. The molecule has 0 saturated heterocycles. The minimum Gasteiger partial charge on any atom is -0.418 e. The minimum absolute atomic E-state index is 0.431. The van der Waals surface area contributed by atoms with Crippen LogP contribution in [0.3, 0.4) is 0 Å². The predicted octanol–water partition coefficient (Wildman–Crippen LogP) is 9.71. The molecule has 37 heavy (non-hydrogen) atoms. The average molecular weight is 533 g/mol. The highest BCUT2D eigenvalue weighted by molar-refractivity contribution is 6.69. The lowest BCUT2D eigenvalue weighted by atomic mass is 9.68. The molecule has 2 aliphatic rings. The smallest absolute Gasteiger partial charge is 0.183 e. The summed E-state index contributed by atoms with van der Waals surface area (Å²) in [5, 5.41) is 0. The van der Waals surface area contributed by atoms with E-state index in [0.29, 0.717) is 59.4 Å². The van der Waals surface area contributed by atoms with Crippen LogP contribution in [0.25, 0.3) is 0 Å². The first-order valence-electron chi connectivity index (χ1n) is 16.0. The second kappa shape index (κ2) is 14.8. The zero-order valence-corrected chi connectivity index (χ0v) is 27.9. The van der Waals surface area contributed by atoms with Crippen LogP contribution in [0.4, 0.5) is 0 Å². The van der Waals surface area contributed by atoms with Crippen LogP contribution in [-0.2, 0) is 4.43 Å². The normalized spacial score (nSPS) is 30.7. The van der Waals surface area contributed by atoms with E-state index < -0.39 is 8.32 Å². The van der Waals surface area contributed by atoms with Crippen LogP contribution >= 0.6 is 0 Å². The van der Waals surface area contributed by atoms with Gasteiger partial charge in [-0.25, -0.2) is 0 Å². The molecule has 4 heteroatoms. The maximum atomic E-state index is 6.26. The van der Waals surface area contributed by atoms with Gasteiger partial charge in [0.05, 0.1) is 23.5 Å². The van der Waals surface area contributed by atoms with Crippen molar-refractivity contribution in [1.82, 2.24) is 0 Å². The third-order valence-electron chi connectivity index (χ3n) is 9.49. The summed E-state index contributed by atoms with van der Waals surface area (Å²) in [6, 6.07) is 0.866. The number of hydrogen-bond donors (Lipinski definition) is 0. The van der Waals surface area contributed by atoms with Gasteiger partial charge in [-0.3, -0.25) is 9.98 Å². The molecular formula is C33H64N2OSi. The summed E-state index contributed by atoms with van der Waals surface area (Å²) in [6.07, 6.45) is 10.1. The Labute approximate surface area is 233 Å². The molecule has 0 heterocycles. The Morgan fingerprint density at radius 3 is 1.41 bits per heavy atom. The molecule has 0 aromatic carbocycles. The molecule has 2 aliphatic carbocycles. The molecule has 0 radical (unpaired) electrons. The van der Waals surface area contributed by atoms with Crippen LogP contribution in [0.1, 0.15) is 114 Å². The van der Waals surface area contributed by atoms with Crippen LogP contribution in [0.2, 0.25) is 19.6 Å². The standard InChI is InChI=1S/C33H64N2OSi/c1-22(2)27-16-13-17-28(23(3)4)32(27)34-26(9)31(20-15-21-36-37(10,11)12)35-33-29(24(5)6)18-14-19-30(33)25(7)8/h22-25,27-30,32-33H,13-21H2,1-12H3. The van der Waals surface area contributed by atoms with Crippen molar-refractivity contribution in [3.05, 3.63) is 0 Å². The summed E-state index contributed by atoms with van der Waals surface area (Å²) < 4.78 is 6.26. The van der Waals surface area contributed by atoms with Crippen molar-refractivity contribution in [3.8, 4) is 0 Å². The van der Waals surface area contributed by atoms with Crippen molar-refractivity contribution in [2.24, 2.45) is 57.3 Å². The third-order valence-corrected chi connectivity index (χ3v) is 10.6. The summed E-state index contributed by atoms with van der Waals surface area (Å²) >= 11 is 0. The fourth-order valence-electron chi connectivity index (χ4n) is 7.23. The molecule has 0 aliphatic heterocycles. The van der Waals surface area contributed by atoms with Crippen molar-refractivity contribution >= 4 is 19.7 Å². The number of rotatable bonds is 12. The Morgan fingerprint density at radius 1 is 0.676 bits per heavy atom.